The molecule has 8 nitrogen and oxygen atoms in total. The fourth-order valence-electron chi connectivity index (χ4n) is 2.34. The minimum atomic E-state index is -1.28. The Hall–Kier alpha value is -1.81. The number of aliphatic hydroxyl groups is 3. The minimum absolute atomic E-state index is 0.0782. The Balaban J connectivity index is 2.07. The van der Waals surface area contributed by atoms with Crippen LogP contribution in [0.2, 0.25) is 0 Å². The molecule has 0 spiro atoms. The predicted octanol–water partition coefficient (Wildman–Crippen LogP) is -1.24. The van der Waals surface area contributed by atoms with E-state index in [2.05, 4.69) is 9.97 Å². The summed E-state index contributed by atoms with van der Waals surface area (Å²) in [6.07, 6.45) is -3.12. The maximum atomic E-state index is 13.3. The van der Waals surface area contributed by atoms with Crippen molar-refractivity contribution >= 4 is 16.9 Å². The number of hydrogen-bond acceptors (Lipinski definition) is 7. The number of anilines is 1. The Morgan fingerprint density at radius 1 is 1.40 bits per heavy atom. The molecule has 0 amide bonds. The van der Waals surface area contributed by atoms with Gasteiger partial charge in [-0.25, -0.2) is 9.97 Å². The molecule has 0 bridgehead atoms. The van der Waals surface area contributed by atoms with Crippen LogP contribution in [0.4, 0.5) is 10.2 Å². The number of nitrogens with two attached hydrogens (primary N) is 1. The second-order valence-electron chi connectivity index (χ2n) is 4.58. The van der Waals surface area contributed by atoms with Gasteiger partial charge in [0.25, 0.3) is 0 Å². The van der Waals surface area contributed by atoms with Crippen molar-refractivity contribution < 1.29 is 24.4 Å². The lowest BCUT2D eigenvalue weighted by atomic mass is 10.1. The molecule has 3 heterocycles. The van der Waals surface area contributed by atoms with Crippen molar-refractivity contribution in [3.05, 3.63) is 18.3 Å². The molecule has 1 aliphatic rings. The van der Waals surface area contributed by atoms with Gasteiger partial charge in [-0.1, -0.05) is 0 Å². The van der Waals surface area contributed by atoms with Crippen molar-refractivity contribution in [2.75, 3.05) is 12.3 Å². The van der Waals surface area contributed by atoms with Crippen LogP contribution in [0, 0.1) is 5.95 Å². The standard InChI is InChI=1S/C11H13FN4O4/c12-6-1-4-7(10(13)15-6)14-3-16(4)11-9(19)8(18)5(2-17)20-11/h1,3,5,8-9,11,17-19H,2H2,(H2,13,15). The Kier molecular flexibility index (Phi) is 3.05. The maximum Gasteiger partial charge on any atom is 0.217 e. The van der Waals surface area contributed by atoms with Crippen LogP contribution in [0.1, 0.15) is 6.23 Å². The van der Waals surface area contributed by atoms with Gasteiger partial charge in [0.2, 0.25) is 5.95 Å². The topological polar surface area (TPSA) is 127 Å². The summed E-state index contributed by atoms with van der Waals surface area (Å²) in [7, 11) is 0. The number of fused-ring (bicyclic) bond motifs is 1. The molecule has 3 rings (SSSR count). The van der Waals surface area contributed by atoms with Crippen molar-refractivity contribution in [1.29, 1.82) is 0 Å². The van der Waals surface area contributed by atoms with Gasteiger partial charge < -0.3 is 30.4 Å². The van der Waals surface area contributed by atoms with Gasteiger partial charge in [0.15, 0.2) is 12.0 Å². The van der Waals surface area contributed by atoms with Crippen molar-refractivity contribution in [3.8, 4) is 0 Å². The second-order valence-corrected chi connectivity index (χ2v) is 4.58. The third-order valence-corrected chi connectivity index (χ3v) is 3.35. The lowest BCUT2D eigenvalue weighted by Gasteiger charge is -2.17. The van der Waals surface area contributed by atoms with E-state index in [0.29, 0.717) is 0 Å². The number of aliphatic hydroxyl groups excluding tert-OH is 3. The van der Waals surface area contributed by atoms with E-state index in [1.165, 1.54) is 10.9 Å². The number of nitrogen functional groups attached to an aromatic ring is 1. The second kappa shape index (κ2) is 4.63. The highest BCUT2D eigenvalue weighted by molar-refractivity contribution is 5.84. The lowest BCUT2D eigenvalue weighted by molar-refractivity contribution is -0.0509. The number of hydrogen-bond donors (Lipinski definition) is 4. The maximum absolute atomic E-state index is 13.3. The van der Waals surface area contributed by atoms with E-state index >= 15 is 0 Å². The van der Waals surface area contributed by atoms with E-state index in [1.807, 2.05) is 0 Å². The van der Waals surface area contributed by atoms with Gasteiger partial charge in [-0.15, -0.1) is 0 Å². The highest BCUT2D eigenvalue weighted by Gasteiger charge is 2.43. The molecule has 0 aliphatic carbocycles. The normalized spacial score (nSPS) is 30.2. The first-order valence-corrected chi connectivity index (χ1v) is 5.94. The predicted molar refractivity (Wildman–Crippen MR) is 64.9 cm³/mol. The van der Waals surface area contributed by atoms with Gasteiger partial charge in [-0.2, -0.15) is 4.39 Å². The number of imidazole rings is 1. The summed E-state index contributed by atoms with van der Waals surface area (Å²) in [5.74, 6) is -0.867. The van der Waals surface area contributed by atoms with E-state index in [-0.39, 0.29) is 16.9 Å². The van der Waals surface area contributed by atoms with Crippen molar-refractivity contribution in [2.45, 2.75) is 24.5 Å². The van der Waals surface area contributed by atoms with Crippen LogP contribution < -0.4 is 5.73 Å². The molecule has 1 saturated heterocycles. The zero-order valence-electron chi connectivity index (χ0n) is 10.2. The summed E-state index contributed by atoms with van der Waals surface area (Å²) < 4.78 is 20.0. The highest BCUT2D eigenvalue weighted by Crippen LogP contribution is 2.32. The van der Waals surface area contributed by atoms with E-state index in [0.717, 1.165) is 6.07 Å². The summed E-state index contributed by atoms with van der Waals surface area (Å²) >= 11 is 0. The number of ether oxygens (including phenoxy) is 1. The molecule has 0 saturated carbocycles. The summed E-state index contributed by atoms with van der Waals surface area (Å²) in [6.45, 7) is -0.445. The molecule has 0 aromatic carbocycles. The van der Waals surface area contributed by atoms with Gasteiger partial charge in [-0.3, -0.25) is 0 Å². The molecule has 5 N–H and O–H groups in total. The fourth-order valence-corrected chi connectivity index (χ4v) is 2.34. The number of halogens is 1. The van der Waals surface area contributed by atoms with E-state index in [9.17, 15) is 14.6 Å². The number of aromatic nitrogens is 3. The first-order valence-electron chi connectivity index (χ1n) is 5.94. The minimum Gasteiger partial charge on any atom is -0.394 e. The summed E-state index contributed by atoms with van der Waals surface area (Å²) in [5, 5.41) is 28.7. The highest BCUT2D eigenvalue weighted by atomic mass is 19.1. The van der Waals surface area contributed by atoms with Crippen LogP contribution >= 0.6 is 0 Å². The summed E-state index contributed by atoms with van der Waals surface area (Å²) in [5.41, 5.74) is 6.11. The molecule has 1 aliphatic heterocycles. The molecule has 108 valence electrons. The molecule has 4 unspecified atom stereocenters. The molecule has 1 fully saturated rings. The van der Waals surface area contributed by atoms with Crippen LogP contribution in [0.5, 0.6) is 0 Å². The van der Waals surface area contributed by atoms with Gasteiger partial charge in [-0.05, 0) is 0 Å². The Bertz CT molecular complexity index is 649. The largest absolute Gasteiger partial charge is 0.394 e. The number of pyridine rings is 1. The first-order chi connectivity index (χ1) is 9.52. The average Bonchev–Trinajstić information content (AvgIpc) is 2.93. The average molecular weight is 284 g/mol. The Labute approximate surface area is 112 Å². The van der Waals surface area contributed by atoms with Crippen LogP contribution in [-0.2, 0) is 4.74 Å². The van der Waals surface area contributed by atoms with E-state index in [4.69, 9.17) is 15.6 Å². The zero-order valence-corrected chi connectivity index (χ0v) is 10.2. The molecule has 2 aromatic rings. The summed E-state index contributed by atoms with van der Waals surface area (Å²) in [6, 6.07) is 1.10. The number of nitrogens with zero attached hydrogens (tertiary/aromatic N) is 3. The van der Waals surface area contributed by atoms with Crippen molar-refractivity contribution in [3.63, 3.8) is 0 Å². The Morgan fingerprint density at radius 2 is 2.15 bits per heavy atom. The van der Waals surface area contributed by atoms with Crippen molar-refractivity contribution in [1.82, 2.24) is 14.5 Å². The zero-order chi connectivity index (χ0) is 14.4. The molecule has 4 atom stereocenters. The van der Waals surface area contributed by atoms with Crippen LogP contribution in [0.15, 0.2) is 12.4 Å². The van der Waals surface area contributed by atoms with Crippen LogP contribution in [-0.4, -0.2) is 54.8 Å². The smallest absolute Gasteiger partial charge is 0.217 e. The van der Waals surface area contributed by atoms with Crippen LogP contribution in [0.25, 0.3) is 11.0 Å². The monoisotopic (exact) mass is 284 g/mol. The fraction of sp³-hybridized carbons (Fsp3) is 0.455. The number of rotatable bonds is 2. The lowest BCUT2D eigenvalue weighted by Crippen LogP contribution is -2.33. The SMILES string of the molecule is Nc1nc(F)cc2c1ncn2C1OC(CO)C(O)C1O. The van der Waals surface area contributed by atoms with Gasteiger partial charge >= 0.3 is 0 Å². The molecular formula is C11H13FN4O4. The van der Waals surface area contributed by atoms with Gasteiger partial charge in [0.1, 0.15) is 23.8 Å². The first kappa shape index (κ1) is 13.2. The van der Waals surface area contributed by atoms with Gasteiger partial charge in [0.05, 0.1) is 18.5 Å². The third kappa shape index (κ3) is 1.83. The van der Waals surface area contributed by atoms with Crippen molar-refractivity contribution in [2.24, 2.45) is 0 Å². The quantitative estimate of drug-likeness (QED) is 0.508. The molecule has 20 heavy (non-hydrogen) atoms. The van der Waals surface area contributed by atoms with E-state index in [1.54, 1.807) is 0 Å². The molecule has 2 aromatic heterocycles. The summed E-state index contributed by atoms with van der Waals surface area (Å²) in [4.78, 5) is 7.44. The van der Waals surface area contributed by atoms with Gasteiger partial charge in [0, 0.05) is 6.07 Å². The van der Waals surface area contributed by atoms with Crippen LogP contribution in [0.3, 0.4) is 0 Å². The molecule has 9 heteroatoms. The van der Waals surface area contributed by atoms with E-state index < -0.39 is 37.1 Å². The molecular weight excluding hydrogens is 271 g/mol. The molecule has 0 radical (unpaired) electrons. The third-order valence-electron chi connectivity index (χ3n) is 3.35. The Morgan fingerprint density at radius 3 is 2.80 bits per heavy atom.